The van der Waals surface area contributed by atoms with Gasteiger partial charge in [0.05, 0.1) is 25.9 Å². The number of hydrogen-bond donors (Lipinski definition) is 6. The highest BCUT2D eigenvalue weighted by atomic mass is 32.7. The van der Waals surface area contributed by atoms with E-state index in [1.165, 1.54) is 28.1 Å². The lowest BCUT2D eigenvalue weighted by Gasteiger charge is -2.29. The Labute approximate surface area is 262 Å². The van der Waals surface area contributed by atoms with Crippen molar-refractivity contribution in [1.29, 1.82) is 0 Å². The van der Waals surface area contributed by atoms with Crippen LogP contribution in [0.5, 0.6) is 0 Å². The summed E-state index contributed by atoms with van der Waals surface area (Å²) in [5.74, 6) is -0.627. The first kappa shape index (κ1) is 31.0. The van der Waals surface area contributed by atoms with E-state index in [4.69, 9.17) is 39.0 Å². The Bertz CT molecular complexity index is 1940. The van der Waals surface area contributed by atoms with Gasteiger partial charge in [-0.15, -0.1) is 0 Å². The molecule has 3 aliphatic rings. The zero-order valence-corrected chi connectivity index (χ0v) is 26.5. The summed E-state index contributed by atoms with van der Waals surface area (Å²) < 4.78 is 64.8. The highest BCUT2D eigenvalue weighted by molar-refractivity contribution is 8.44. The molecule has 0 bridgehead atoms. The average molecular weight is 705 g/mol. The van der Waals surface area contributed by atoms with Crippen molar-refractivity contribution in [3.63, 3.8) is 0 Å². The highest BCUT2D eigenvalue weighted by Crippen LogP contribution is 2.60. The highest BCUT2D eigenvalue weighted by Gasteiger charge is 2.52. The number of fused-ring (bicyclic) bond motifs is 4. The Morgan fingerprint density at radius 3 is 2.22 bits per heavy atom. The Kier molecular flexibility index (Phi) is 7.76. The minimum Gasteiger partial charge on any atom is -0.386 e. The topological polar surface area (TPSA) is 269 Å². The van der Waals surface area contributed by atoms with Gasteiger partial charge in [0, 0.05) is 5.92 Å². The molecule has 20 nitrogen and oxygen atoms in total. The van der Waals surface area contributed by atoms with E-state index in [2.05, 4.69) is 54.4 Å². The number of H-pyrrole nitrogens is 1. The third-order valence-electron chi connectivity index (χ3n) is 7.66. The maximum Gasteiger partial charge on any atom is 0.386 e. The zero-order chi connectivity index (χ0) is 31.8. The van der Waals surface area contributed by atoms with Gasteiger partial charge in [0.1, 0.15) is 48.6 Å². The number of aromatic nitrogens is 8. The van der Waals surface area contributed by atoms with Crippen molar-refractivity contribution in [3.05, 3.63) is 29.3 Å². The molecule has 0 radical (unpaired) electrons. The van der Waals surface area contributed by atoms with Crippen LogP contribution in [0.1, 0.15) is 19.4 Å². The molecule has 7 heterocycles. The maximum absolute atomic E-state index is 13.5. The lowest BCUT2D eigenvalue weighted by atomic mass is 10.0. The van der Waals surface area contributed by atoms with Crippen molar-refractivity contribution in [1.82, 2.24) is 39.0 Å². The number of nitrogen functional groups attached to an aromatic ring is 2. The molecule has 0 amide bonds. The second-order valence-corrected chi connectivity index (χ2v) is 16.3. The Morgan fingerprint density at radius 1 is 0.911 bits per heavy atom. The van der Waals surface area contributed by atoms with Gasteiger partial charge in [-0.25, -0.2) is 29.1 Å². The molecule has 45 heavy (non-hydrogen) atoms. The fourth-order valence-corrected chi connectivity index (χ4v) is 8.65. The Morgan fingerprint density at radius 2 is 1.51 bits per heavy atom. The number of aromatic amines is 1. The van der Waals surface area contributed by atoms with Crippen LogP contribution < -0.4 is 17.0 Å². The predicted molar refractivity (Wildman–Crippen MR) is 160 cm³/mol. The Balaban J connectivity index is 1.17. The zero-order valence-electron chi connectivity index (χ0n) is 23.0. The van der Waals surface area contributed by atoms with Gasteiger partial charge in [0.2, 0.25) is 5.95 Å². The first-order valence-corrected chi connectivity index (χ1v) is 18.7. The van der Waals surface area contributed by atoms with Gasteiger partial charge in [0.25, 0.3) is 5.56 Å². The lowest BCUT2D eigenvalue weighted by Crippen LogP contribution is -2.37. The molecule has 4 aromatic heterocycles. The molecule has 3 fully saturated rings. The summed E-state index contributed by atoms with van der Waals surface area (Å²) in [5, 5.41) is 11.3. The molecular formula is C21H26N10O10P2S2. The van der Waals surface area contributed by atoms with E-state index in [1.807, 2.05) is 0 Å². The third kappa shape index (κ3) is 5.57. The van der Waals surface area contributed by atoms with Gasteiger partial charge in [-0.2, -0.15) is 4.98 Å². The van der Waals surface area contributed by atoms with E-state index in [-0.39, 0.29) is 34.1 Å². The number of nitrogens with one attached hydrogen (secondary N) is 1. The van der Waals surface area contributed by atoms with Gasteiger partial charge in [-0.1, -0.05) is 31.4 Å². The number of aliphatic hydroxyl groups excluding tert-OH is 1. The SMILES string of the molecule is C[C@@H]1[C@@H]2O[P@@](=O)(S)OC[C@H]3O[C@@H](n4cnc5c(N)ncnc54)[C@H](O)[C@@H]3O[P@](=O)(S)OC[C@H]2O[C@H]1n1cnc2c(=O)[nH]c(N)nc21. The van der Waals surface area contributed by atoms with Crippen LogP contribution in [0, 0.1) is 5.92 Å². The van der Waals surface area contributed by atoms with Gasteiger partial charge < -0.3 is 26.0 Å². The van der Waals surface area contributed by atoms with Crippen LogP contribution in [0.25, 0.3) is 22.3 Å². The molecule has 7 rings (SSSR count). The van der Waals surface area contributed by atoms with Crippen LogP contribution in [-0.4, -0.2) is 87.9 Å². The van der Waals surface area contributed by atoms with Gasteiger partial charge in [0.15, 0.2) is 28.9 Å². The molecule has 0 aliphatic carbocycles. The number of aliphatic hydroxyl groups is 1. The third-order valence-corrected chi connectivity index (χ3v) is 10.9. The number of anilines is 2. The monoisotopic (exact) mass is 704 g/mol. The number of imidazole rings is 2. The van der Waals surface area contributed by atoms with Crippen LogP contribution in [0.2, 0.25) is 0 Å². The van der Waals surface area contributed by atoms with Gasteiger partial charge >= 0.3 is 13.6 Å². The second kappa shape index (κ2) is 11.3. The fourth-order valence-electron chi connectivity index (χ4n) is 5.60. The molecule has 242 valence electrons. The summed E-state index contributed by atoms with van der Waals surface area (Å²) in [4.78, 5) is 35.2. The lowest BCUT2D eigenvalue weighted by molar-refractivity contribution is -0.0554. The molecule has 24 heteroatoms. The number of rotatable bonds is 2. The van der Waals surface area contributed by atoms with Crippen molar-refractivity contribution in [2.75, 3.05) is 24.7 Å². The average Bonchev–Trinajstić information content (AvgIpc) is 3.72. The summed E-state index contributed by atoms with van der Waals surface area (Å²) in [5.41, 5.74) is 11.7. The summed E-state index contributed by atoms with van der Waals surface area (Å²) >= 11 is 8.29. The number of nitrogens with two attached hydrogens (primary N) is 2. The Hall–Kier alpha value is -2.62. The smallest absolute Gasteiger partial charge is 0.386 e. The van der Waals surface area contributed by atoms with Crippen molar-refractivity contribution in [2.45, 2.75) is 49.9 Å². The number of hydrogen-bond acceptors (Lipinski definition) is 17. The molecule has 0 unspecified atom stereocenters. The quantitative estimate of drug-likeness (QED) is 0.124. The molecular weight excluding hydrogens is 678 g/mol. The normalized spacial score (nSPS) is 37.7. The first-order valence-electron chi connectivity index (χ1n) is 13.3. The molecule has 0 spiro atoms. The van der Waals surface area contributed by atoms with Crippen molar-refractivity contribution >= 4 is 72.2 Å². The van der Waals surface area contributed by atoms with Crippen LogP contribution in [0.3, 0.4) is 0 Å². The van der Waals surface area contributed by atoms with Crippen molar-refractivity contribution in [2.24, 2.45) is 5.92 Å². The second-order valence-electron chi connectivity index (χ2n) is 10.5. The number of thiol groups is 2. The van der Waals surface area contributed by atoms with E-state index in [0.717, 1.165) is 0 Å². The molecule has 0 aromatic carbocycles. The molecule has 3 aliphatic heterocycles. The molecule has 4 aromatic rings. The van der Waals surface area contributed by atoms with Crippen molar-refractivity contribution < 1.29 is 41.8 Å². The van der Waals surface area contributed by atoms with Crippen LogP contribution in [0.15, 0.2) is 23.8 Å². The van der Waals surface area contributed by atoms with Crippen LogP contribution >= 0.6 is 38.1 Å². The number of ether oxygens (including phenoxy) is 2. The van der Waals surface area contributed by atoms with E-state index in [0.29, 0.717) is 0 Å². The van der Waals surface area contributed by atoms with Gasteiger partial charge in [-0.3, -0.25) is 37.0 Å². The fraction of sp³-hybridized carbons (Fsp3) is 0.524. The molecule has 6 N–H and O–H groups in total. The summed E-state index contributed by atoms with van der Waals surface area (Å²) in [6, 6.07) is 0. The van der Waals surface area contributed by atoms with Gasteiger partial charge in [-0.05, 0) is 0 Å². The predicted octanol–water partition coefficient (Wildman–Crippen LogP) is 0.809. The maximum atomic E-state index is 13.5. The minimum absolute atomic E-state index is 0.0162. The standard InChI is InChI=1S/C21H26N10O10P2S2/c1-7-13-8(38-19(7)31-6-27-11-17(31)28-21(23)29-18(11)33)2-36-43(35,45)41-14-9(3-37-42(34,44)40-13)39-20(12(14)32)30-5-26-10-15(22)24-4-25-16(10)30/h4-9,12-14,19-20,32H,2-3H2,1H3,(H,34,44)(H,35,45)(H2,22,24,25)(H3,23,28,29,33)/t7-,8-,9-,12-,13+,14-,19-,20-,42+,43-/m1/s1. The summed E-state index contributed by atoms with van der Waals surface area (Å²) in [6.45, 7) is -7.57. The van der Waals surface area contributed by atoms with Crippen LogP contribution in [-0.2, 0) is 36.7 Å². The van der Waals surface area contributed by atoms with Crippen molar-refractivity contribution in [3.8, 4) is 0 Å². The van der Waals surface area contributed by atoms with E-state index < -0.39 is 81.3 Å². The molecule has 10 atom stereocenters. The number of nitrogens with zero attached hydrogens (tertiary/aromatic N) is 7. The van der Waals surface area contributed by atoms with Crippen LogP contribution in [0.4, 0.5) is 11.8 Å². The largest absolute Gasteiger partial charge is 0.386 e. The molecule has 0 saturated carbocycles. The summed E-state index contributed by atoms with van der Waals surface area (Å²) in [7, 11) is 0. The van der Waals surface area contributed by atoms with E-state index in [9.17, 15) is 19.0 Å². The molecule has 3 saturated heterocycles. The van der Waals surface area contributed by atoms with E-state index in [1.54, 1.807) is 6.92 Å². The summed E-state index contributed by atoms with van der Waals surface area (Å²) in [6.07, 6.45) is -4.21. The minimum atomic E-state index is -4.23. The first-order chi connectivity index (χ1) is 21.3. The van der Waals surface area contributed by atoms with E-state index >= 15 is 0 Å².